The fourth-order valence-electron chi connectivity index (χ4n) is 2.07. The lowest BCUT2D eigenvalue weighted by Crippen LogP contribution is -2.13. The van der Waals surface area contributed by atoms with Gasteiger partial charge in [-0.15, -0.1) is 9.19 Å². The van der Waals surface area contributed by atoms with Gasteiger partial charge in [-0.1, -0.05) is 22.9 Å². The number of nitro groups is 1. The van der Waals surface area contributed by atoms with Gasteiger partial charge in [-0.3, -0.25) is 10.1 Å². The number of rotatable bonds is 4. The van der Waals surface area contributed by atoms with E-state index in [1.807, 2.05) is 6.92 Å². The summed E-state index contributed by atoms with van der Waals surface area (Å²) in [5.74, 6) is 0. The summed E-state index contributed by atoms with van der Waals surface area (Å²) in [5.41, 5.74) is 1.73. The summed E-state index contributed by atoms with van der Waals surface area (Å²) in [6.07, 6.45) is 1.27. The average Bonchev–Trinajstić information content (AvgIpc) is 3.06. The number of hydrogen-bond acceptors (Lipinski definition) is 6. The van der Waals surface area contributed by atoms with E-state index in [0.717, 1.165) is 9.65 Å². The molecule has 0 amide bonds. The van der Waals surface area contributed by atoms with Crippen LogP contribution >= 0.6 is 0 Å². The molecule has 3 aromatic rings. The van der Waals surface area contributed by atoms with Crippen molar-refractivity contribution in [3.05, 3.63) is 70.4 Å². The highest BCUT2D eigenvalue weighted by molar-refractivity contribution is 7.89. The van der Waals surface area contributed by atoms with Crippen LogP contribution < -0.4 is 0 Å². The van der Waals surface area contributed by atoms with Crippen LogP contribution in [0.4, 0.5) is 5.69 Å². The smallest absolute Gasteiger partial charge is 0.258 e. The van der Waals surface area contributed by atoms with Crippen LogP contribution in [0.2, 0.25) is 0 Å². The van der Waals surface area contributed by atoms with Gasteiger partial charge in [-0.25, -0.2) is 0 Å². The number of non-ortho nitro benzene ring substituents is 1. The van der Waals surface area contributed by atoms with E-state index in [1.165, 1.54) is 42.6 Å². The quantitative estimate of drug-likeness (QED) is 0.531. The standard InChI is InChI=1S/C15H12N4O4S/c1-11-2-8-14(9-3-11)24(22,23)18-10-15(16-17-18)12-4-6-13(7-5-12)19(20)21/h2-10H,1H3. The molecule has 2 aromatic carbocycles. The van der Waals surface area contributed by atoms with Gasteiger partial charge in [-0.2, -0.15) is 8.42 Å². The Kier molecular flexibility index (Phi) is 3.86. The first-order valence-electron chi connectivity index (χ1n) is 6.87. The maximum Gasteiger partial charge on any atom is 0.284 e. The van der Waals surface area contributed by atoms with E-state index >= 15 is 0 Å². The Hall–Kier alpha value is -3.07. The normalized spacial score (nSPS) is 11.4. The number of aryl methyl sites for hydroxylation is 1. The van der Waals surface area contributed by atoms with E-state index in [2.05, 4.69) is 10.3 Å². The zero-order chi connectivity index (χ0) is 17.3. The number of benzene rings is 2. The lowest BCUT2D eigenvalue weighted by molar-refractivity contribution is -0.384. The van der Waals surface area contributed by atoms with Gasteiger partial charge in [0.1, 0.15) is 5.69 Å². The maximum atomic E-state index is 12.5. The van der Waals surface area contributed by atoms with Crippen LogP contribution in [0.25, 0.3) is 11.3 Å². The Bertz CT molecular complexity index is 993. The van der Waals surface area contributed by atoms with Gasteiger partial charge in [0.25, 0.3) is 15.7 Å². The minimum atomic E-state index is -3.83. The second-order valence-electron chi connectivity index (χ2n) is 5.10. The van der Waals surface area contributed by atoms with Crippen molar-refractivity contribution in [2.24, 2.45) is 0 Å². The Morgan fingerprint density at radius 2 is 1.67 bits per heavy atom. The van der Waals surface area contributed by atoms with Gasteiger partial charge in [0, 0.05) is 17.7 Å². The summed E-state index contributed by atoms with van der Waals surface area (Å²) in [6, 6.07) is 12.0. The molecular formula is C15H12N4O4S. The minimum Gasteiger partial charge on any atom is -0.258 e. The average molecular weight is 344 g/mol. The Morgan fingerprint density at radius 3 is 2.25 bits per heavy atom. The molecule has 0 atom stereocenters. The van der Waals surface area contributed by atoms with Crippen LogP contribution in [0.5, 0.6) is 0 Å². The number of hydrogen-bond donors (Lipinski definition) is 0. The molecule has 0 N–H and O–H groups in total. The second-order valence-corrected chi connectivity index (χ2v) is 6.89. The molecule has 0 unspecified atom stereocenters. The van der Waals surface area contributed by atoms with Gasteiger partial charge in [-0.05, 0) is 31.2 Å². The van der Waals surface area contributed by atoms with Crippen molar-refractivity contribution >= 4 is 15.7 Å². The molecule has 1 aromatic heterocycles. The molecule has 0 bridgehead atoms. The summed E-state index contributed by atoms with van der Waals surface area (Å²) in [4.78, 5) is 10.3. The van der Waals surface area contributed by atoms with Crippen molar-refractivity contribution in [1.82, 2.24) is 14.4 Å². The van der Waals surface area contributed by atoms with Gasteiger partial charge in [0.15, 0.2) is 0 Å². The molecule has 122 valence electrons. The maximum absolute atomic E-state index is 12.5. The minimum absolute atomic E-state index is 0.0570. The monoisotopic (exact) mass is 344 g/mol. The lowest BCUT2D eigenvalue weighted by atomic mass is 10.1. The Balaban J connectivity index is 1.95. The number of aromatic nitrogens is 3. The summed E-state index contributed by atoms with van der Waals surface area (Å²) in [6.45, 7) is 1.86. The van der Waals surface area contributed by atoms with E-state index in [9.17, 15) is 18.5 Å². The molecule has 9 heteroatoms. The van der Waals surface area contributed by atoms with E-state index < -0.39 is 14.9 Å². The van der Waals surface area contributed by atoms with Crippen molar-refractivity contribution in [2.75, 3.05) is 0 Å². The van der Waals surface area contributed by atoms with Crippen LogP contribution in [0, 0.1) is 17.0 Å². The predicted molar refractivity (Wildman–Crippen MR) is 85.9 cm³/mol. The molecule has 0 spiro atoms. The van der Waals surface area contributed by atoms with E-state index in [1.54, 1.807) is 12.1 Å². The third-order valence-corrected chi connectivity index (χ3v) is 4.95. The molecule has 0 aliphatic rings. The molecule has 3 rings (SSSR count). The Labute approximate surface area is 137 Å². The molecule has 8 nitrogen and oxygen atoms in total. The second kappa shape index (κ2) is 5.85. The van der Waals surface area contributed by atoms with Crippen molar-refractivity contribution in [1.29, 1.82) is 0 Å². The lowest BCUT2D eigenvalue weighted by Gasteiger charge is -2.03. The van der Waals surface area contributed by atoms with Gasteiger partial charge < -0.3 is 0 Å². The third kappa shape index (κ3) is 2.88. The summed E-state index contributed by atoms with van der Waals surface area (Å²) >= 11 is 0. The predicted octanol–water partition coefficient (Wildman–Crippen LogP) is 2.40. The molecule has 0 aliphatic carbocycles. The number of nitrogens with zero attached hydrogens (tertiary/aromatic N) is 4. The highest BCUT2D eigenvalue weighted by atomic mass is 32.2. The Morgan fingerprint density at radius 1 is 1.04 bits per heavy atom. The largest absolute Gasteiger partial charge is 0.284 e. The fraction of sp³-hybridized carbons (Fsp3) is 0.0667. The van der Waals surface area contributed by atoms with Crippen LogP contribution in [0.15, 0.2) is 59.6 Å². The zero-order valence-electron chi connectivity index (χ0n) is 12.5. The van der Waals surface area contributed by atoms with E-state index in [-0.39, 0.29) is 10.6 Å². The first-order valence-corrected chi connectivity index (χ1v) is 8.31. The van der Waals surface area contributed by atoms with Crippen molar-refractivity contribution in [2.45, 2.75) is 11.8 Å². The third-order valence-electron chi connectivity index (χ3n) is 3.41. The van der Waals surface area contributed by atoms with E-state index in [0.29, 0.717) is 11.3 Å². The topological polar surface area (TPSA) is 108 Å². The fourth-order valence-corrected chi connectivity index (χ4v) is 3.14. The molecule has 0 aliphatic heterocycles. The van der Waals surface area contributed by atoms with E-state index in [4.69, 9.17) is 0 Å². The number of nitro benzene ring substituents is 1. The molecule has 1 heterocycles. The molecule has 0 fully saturated rings. The van der Waals surface area contributed by atoms with Crippen molar-refractivity contribution in [3.8, 4) is 11.3 Å². The summed E-state index contributed by atoms with van der Waals surface area (Å²) < 4.78 is 25.8. The van der Waals surface area contributed by atoms with Gasteiger partial charge in [0.2, 0.25) is 0 Å². The van der Waals surface area contributed by atoms with Gasteiger partial charge >= 0.3 is 0 Å². The first-order chi connectivity index (χ1) is 11.4. The zero-order valence-corrected chi connectivity index (χ0v) is 13.3. The highest BCUT2D eigenvalue weighted by Crippen LogP contribution is 2.21. The molecular weight excluding hydrogens is 332 g/mol. The van der Waals surface area contributed by atoms with Crippen molar-refractivity contribution in [3.63, 3.8) is 0 Å². The molecule has 0 saturated heterocycles. The van der Waals surface area contributed by atoms with Crippen molar-refractivity contribution < 1.29 is 13.3 Å². The molecule has 0 saturated carbocycles. The van der Waals surface area contributed by atoms with Gasteiger partial charge in [0.05, 0.1) is 16.0 Å². The van der Waals surface area contributed by atoms with Crippen LogP contribution in [-0.4, -0.2) is 27.7 Å². The van der Waals surface area contributed by atoms with Crippen LogP contribution in [-0.2, 0) is 10.0 Å². The van der Waals surface area contributed by atoms with Crippen LogP contribution in [0.1, 0.15) is 5.56 Å². The molecule has 0 radical (unpaired) electrons. The first kappa shape index (κ1) is 15.8. The highest BCUT2D eigenvalue weighted by Gasteiger charge is 2.19. The SMILES string of the molecule is Cc1ccc(S(=O)(=O)n2cc(-c3ccc([N+](=O)[O-])cc3)nn2)cc1. The van der Waals surface area contributed by atoms with Crippen LogP contribution in [0.3, 0.4) is 0 Å². The summed E-state index contributed by atoms with van der Waals surface area (Å²) in [5, 5.41) is 18.2. The molecule has 24 heavy (non-hydrogen) atoms. The summed E-state index contributed by atoms with van der Waals surface area (Å²) in [7, 11) is -3.83.